The summed E-state index contributed by atoms with van der Waals surface area (Å²) in [5, 5.41) is 23.0. The Hall–Kier alpha value is 0.0169. The SMILES string of the molecule is CNC[C@H]1[C@H](O)C[C@@H](CO[Si](C)(C)C(C)(C)C)O[C@H]1CO. The molecule has 1 heterocycles. The Morgan fingerprint density at radius 1 is 1.33 bits per heavy atom. The number of aliphatic hydroxyl groups is 2. The molecule has 0 amide bonds. The molecule has 1 aliphatic rings. The molecule has 0 aromatic carbocycles. The van der Waals surface area contributed by atoms with Crippen molar-refractivity contribution in [2.24, 2.45) is 5.92 Å². The van der Waals surface area contributed by atoms with Gasteiger partial charge in [0.15, 0.2) is 8.32 Å². The number of ether oxygens (including phenoxy) is 1. The first kappa shape index (κ1) is 19.1. The van der Waals surface area contributed by atoms with Crippen LogP contribution in [-0.2, 0) is 9.16 Å². The van der Waals surface area contributed by atoms with Crippen LogP contribution in [0.3, 0.4) is 0 Å². The zero-order valence-electron chi connectivity index (χ0n) is 14.3. The van der Waals surface area contributed by atoms with Gasteiger partial charge in [-0.3, -0.25) is 0 Å². The van der Waals surface area contributed by atoms with E-state index in [1.807, 2.05) is 7.05 Å². The van der Waals surface area contributed by atoms with Crippen LogP contribution >= 0.6 is 0 Å². The highest BCUT2D eigenvalue weighted by atomic mass is 28.4. The lowest BCUT2D eigenvalue weighted by Crippen LogP contribution is -2.52. The lowest BCUT2D eigenvalue weighted by atomic mass is 9.89. The first-order chi connectivity index (χ1) is 9.62. The van der Waals surface area contributed by atoms with Crippen molar-refractivity contribution in [3.05, 3.63) is 0 Å². The molecule has 4 atom stereocenters. The van der Waals surface area contributed by atoms with E-state index in [1.54, 1.807) is 0 Å². The molecule has 5 nitrogen and oxygen atoms in total. The van der Waals surface area contributed by atoms with Gasteiger partial charge in [-0.05, 0) is 25.2 Å². The van der Waals surface area contributed by atoms with Gasteiger partial charge in [-0.25, -0.2) is 0 Å². The lowest BCUT2D eigenvalue weighted by Gasteiger charge is -2.42. The smallest absolute Gasteiger partial charge is 0.192 e. The molecule has 0 aliphatic carbocycles. The van der Waals surface area contributed by atoms with E-state index in [4.69, 9.17) is 9.16 Å². The van der Waals surface area contributed by atoms with Crippen LogP contribution in [0, 0.1) is 5.92 Å². The van der Waals surface area contributed by atoms with Gasteiger partial charge in [-0.15, -0.1) is 0 Å². The summed E-state index contributed by atoms with van der Waals surface area (Å²) < 4.78 is 12.1. The molecule has 1 aliphatic heterocycles. The van der Waals surface area contributed by atoms with Crippen LogP contribution < -0.4 is 5.32 Å². The van der Waals surface area contributed by atoms with E-state index in [1.165, 1.54) is 0 Å². The van der Waals surface area contributed by atoms with Gasteiger partial charge in [0, 0.05) is 18.9 Å². The Morgan fingerprint density at radius 2 is 1.95 bits per heavy atom. The van der Waals surface area contributed by atoms with Crippen molar-refractivity contribution in [2.45, 2.75) is 63.6 Å². The summed E-state index contributed by atoms with van der Waals surface area (Å²) >= 11 is 0. The van der Waals surface area contributed by atoms with E-state index in [0.29, 0.717) is 19.6 Å². The quantitative estimate of drug-likeness (QED) is 0.645. The van der Waals surface area contributed by atoms with Crippen LogP contribution in [0.15, 0.2) is 0 Å². The van der Waals surface area contributed by atoms with Gasteiger partial charge < -0.3 is 24.7 Å². The van der Waals surface area contributed by atoms with E-state index < -0.39 is 14.4 Å². The zero-order chi connectivity index (χ0) is 16.3. The summed E-state index contributed by atoms with van der Waals surface area (Å²) in [7, 11) is 0.0293. The number of hydrogen-bond donors (Lipinski definition) is 3. The van der Waals surface area contributed by atoms with Crippen molar-refractivity contribution in [1.29, 1.82) is 0 Å². The van der Waals surface area contributed by atoms with Crippen LogP contribution in [0.5, 0.6) is 0 Å². The fourth-order valence-electron chi connectivity index (χ4n) is 2.40. The highest BCUT2D eigenvalue weighted by Crippen LogP contribution is 2.37. The molecule has 0 spiro atoms. The molecule has 1 saturated heterocycles. The third-order valence-corrected chi connectivity index (χ3v) is 9.40. The summed E-state index contributed by atoms with van der Waals surface area (Å²) in [6, 6.07) is 0. The third-order valence-electron chi connectivity index (χ3n) is 4.90. The monoisotopic (exact) mass is 319 g/mol. The van der Waals surface area contributed by atoms with Crippen LogP contribution in [-0.4, -0.2) is 63.6 Å². The summed E-state index contributed by atoms with van der Waals surface area (Å²) in [5.41, 5.74) is 0. The molecule has 0 aromatic rings. The molecule has 0 aromatic heterocycles. The fourth-order valence-corrected chi connectivity index (χ4v) is 3.44. The van der Waals surface area contributed by atoms with E-state index in [9.17, 15) is 10.2 Å². The van der Waals surface area contributed by atoms with Gasteiger partial charge in [0.25, 0.3) is 0 Å². The van der Waals surface area contributed by atoms with Crippen molar-refractivity contribution in [3.63, 3.8) is 0 Å². The van der Waals surface area contributed by atoms with Gasteiger partial charge in [0.05, 0.1) is 31.5 Å². The molecule has 0 bridgehead atoms. The Bertz CT molecular complexity index is 319. The first-order valence-electron chi connectivity index (χ1n) is 7.85. The molecule has 0 saturated carbocycles. The minimum atomic E-state index is -1.81. The Labute approximate surface area is 130 Å². The standard InChI is InChI=1S/C15H33NO4Si/c1-15(2,3)21(5,6)19-10-11-7-13(18)12(8-16-4)14(9-17)20-11/h11-14,16-18H,7-10H2,1-6H3/t11-,12-,13+,14-/m0/s1. The summed E-state index contributed by atoms with van der Waals surface area (Å²) in [6.45, 7) is 12.1. The van der Waals surface area contributed by atoms with Gasteiger partial charge >= 0.3 is 0 Å². The van der Waals surface area contributed by atoms with Gasteiger partial charge in [-0.2, -0.15) is 0 Å². The average Bonchev–Trinajstić information content (AvgIpc) is 2.37. The Kier molecular flexibility index (Phi) is 6.83. The van der Waals surface area contributed by atoms with E-state index in [2.05, 4.69) is 39.2 Å². The van der Waals surface area contributed by atoms with Crippen molar-refractivity contribution >= 4 is 8.32 Å². The second kappa shape index (κ2) is 7.52. The average molecular weight is 320 g/mol. The van der Waals surface area contributed by atoms with Gasteiger partial charge in [0.1, 0.15) is 0 Å². The summed E-state index contributed by atoms with van der Waals surface area (Å²) in [5.74, 6) is -0.0656. The minimum absolute atomic E-state index is 0.0656. The number of rotatable bonds is 6. The molecule has 0 unspecified atom stereocenters. The summed E-state index contributed by atoms with van der Waals surface area (Å²) in [6.07, 6.45) is -0.359. The maximum atomic E-state index is 10.3. The Morgan fingerprint density at radius 3 is 2.43 bits per heavy atom. The van der Waals surface area contributed by atoms with E-state index in [-0.39, 0.29) is 29.8 Å². The fraction of sp³-hybridized carbons (Fsp3) is 1.00. The molecule has 6 heteroatoms. The lowest BCUT2D eigenvalue weighted by molar-refractivity contribution is -0.157. The molecule has 126 valence electrons. The maximum Gasteiger partial charge on any atom is 0.192 e. The zero-order valence-corrected chi connectivity index (χ0v) is 15.3. The number of nitrogens with one attached hydrogen (secondary N) is 1. The van der Waals surface area contributed by atoms with Crippen molar-refractivity contribution in [1.82, 2.24) is 5.32 Å². The molecule has 1 fully saturated rings. The Balaban J connectivity index is 2.59. The topological polar surface area (TPSA) is 71.0 Å². The molecular formula is C15H33NO4Si. The van der Waals surface area contributed by atoms with Crippen LogP contribution in [0.25, 0.3) is 0 Å². The summed E-state index contributed by atoms with van der Waals surface area (Å²) in [4.78, 5) is 0. The molecule has 1 rings (SSSR count). The first-order valence-corrected chi connectivity index (χ1v) is 10.8. The second-order valence-electron chi connectivity index (χ2n) is 7.58. The minimum Gasteiger partial charge on any atom is -0.414 e. The van der Waals surface area contributed by atoms with Crippen LogP contribution in [0.1, 0.15) is 27.2 Å². The van der Waals surface area contributed by atoms with Crippen molar-refractivity contribution in [3.8, 4) is 0 Å². The van der Waals surface area contributed by atoms with Crippen molar-refractivity contribution in [2.75, 3.05) is 26.8 Å². The predicted molar refractivity (Wildman–Crippen MR) is 86.9 cm³/mol. The molecule has 3 N–H and O–H groups in total. The normalized spacial score (nSPS) is 31.4. The third kappa shape index (κ3) is 5.01. The maximum absolute atomic E-state index is 10.3. The number of aliphatic hydroxyl groups excluding tert-OH is 2. The predicted octanol–water partition coefficient (Wildman–Crippen LogP) is 1.35. The molecule has 0 radical (unpaired) electrons. The van der Waals surface area contributed by atoms with Crippen molar-refractivity contribution < 1.29 is 19.4 Å². The van der Waals surface area contributed by atoms with E-state index >= 15 is 0 Å². The molecule has 21 heavy (non-hydrogen) atoms. The second-order valence-corrected chi connectivity index (χ2v) is 12.4. The van der Waals surface area contributed by atoms with E-state index in [0.717, 1.165) is 0 Å². The van der Waals surface area contributed by atoms with Gasteiger partial charge in [0.2, 0.25) is 0 Å². The highest BCUT2D eigenvalue weighted by Gasteiger charge is 2.40. The molecular weight excluding hydrogens is 286 g/mol. The van der Waals surface area contributed by atoms with Crippen LogP contribution in [0.4, 0.5) is 0 Å². The number of hydrogen-bond acceptors (Lipinski definition) is 5. The van der Waals surface area contributed by atoms with Crippen LogP contribution in [0.2, 0.25) is 18.1 Å². The highest BCUT2D eigenvalue weighted by molar-refractivity contribution is 6.74. The largest absolute Gasteiger partial charge is 0.414 e. The van der Waals surface area contributed by atoms with Gasteiger partial charge in [-0.1, -0.05) is 20.8 Å².